The minimum Gasteiger partial charge on any atom is -0.384 e. The van der Waals surface area contributed by atoms with Crippen molar-refractivity contribution in [3.63, 3.8) is 0 Å². The Morgan fingerprint density at radius 1 is 0.850 bits per heavy atom. The average Bonchev–Trinajstić information content (AvgIpc) is 2.49. The van der Waals surface area contributed by atoms with E-state index in [1.54, 1.807) is 6.07 Å². The van der Waals surface area contributed by atoms with Gasteiger partial charge in [0, 0.05) is 4.47 Å². The fourth-order valence-corrected chi connectivity index (χ4v) is 2.69. The topological polar surface area (TPSA) is 20.2 Å². The molecule has 0 saturated carbocycles. The third-order valence-electron chi connectivity index (χ3n) is 3.35. The van der Waals surface area contributed by atoms with Crippen LogP contribution in [0.4, 0.5) is 0 Å². The van der Waals surface area contributed by atoms with Gasteiger partial charge in [-0.05, 0) is 56.0 Å². The highest BCUT2D eigenvalue weighted by molar-refractivity contribution is 9.10. The van der Waals surface area contributed by atoms with E-state index in [1.165, 1.54) is 0 Å². The molecular weight excluding hydrogens is 336 g/mol. The van der Waals surface area contributed by atoms with Crippen molar-refractivity contribution in [1.82, 2.24) is 0 Å². The van der Waals surface area contributed by atoms with Gasteiger partial charge in [0.05, 0.1) is 5.02 Å². The van der Waals surface area contributed by atoms with Crippen LogP contribution in [-0.2, 0) is 0 Å². The number of aliphatic hydroxyl groups is 1. The number of hydrogen-bond acceptors (Lipinski definition) is 1. The molecule has 0 aliphatic carbocycles. The Morgan fingerprint density at radius 3 is 2.25 bits per heavy atom. The highest BCUT2D eigenvalue weighted by Crippen LogP contribution is 2.30. The van der Waals surface area contributed by atoms with E-state index in [1.807, 2.05) is 48.5 Å². The fourth-order valence-electron chi connectivity index (χ4n) is 2.25. The monoisotopic (exact) mass is 346 g/mol. The maximum Gasteiger partial charge on any atom is 0.104 e. The van der Waals surface area contributed by atoms with E-state index in [0.29, 0.717) is 5.02 Å². The van der Waals surface area contributed by atoms with Crippen LogP contribution < -0.4 is 0 Å². The molecule has 0 aliphatic heterocycles. The zero-order valence-electron chi connectivity index (χ0n) is 10.6. The van der Waals surface area contributed by atoms with Gasteiger partial charge in [0.1, 0.15) is 6.10 Å². The second kappa shape index (κ2) is 5.57. The number of hydrogen-bond donors (Lipinski definition) is 1. The smallest absolute Gasteiger partial charge is 0.104 e. The van der Waals surface area contributed by atoms with E-state index in [2.05, 4.69) is 22.0 Å². The second-order valence-corrected chi connectivity index (χ2v) is 5.94. The van der Waals surface area contributed by atoms with Crippen molar-refractivity contribution in [3.05, 3.63) is 81.3 Å². The lowest BCUT2D eigenvalue weighted by Gasteiger charge is -2.13. The van der Waals surface area contributed by atoms with E-state index < -0.39 is 6.10 Å². The van der Waals surface area contributed by atoms with Gasteiger partial charge in [0.25, 0.3) is 0 Å². The first-order chi connectivity index (χ1) is 9.65. The lowest BCUT2D eigenvalue weighted by molar-refractivity contribution is 0.220. The first-order valence-electron chi connectivity index (χ1n) is 6.27. The Balaban J connectivity index is 2.02. The molecule has 0 aromatic heterocycles. The van der Waals surface area contributed by atoms with Gasteiger partial charge in [-0.3, -0.25) is 0 Å². The summed E-state index contributed by atoms with van der Waals surface area (Å²) < 4.78 is 0.827. The molecule has 0 saturated heterocycles. The van der Waals surface area contributed by atoms with E-state index in [-0.39, 0.29) is 0 Å². The van der Waals surface area contributed by atoms with E-state index in [0.717, 1.165) is 26.4 Å². The van der Waals surface area contributed by atoms with Crippen LogP contribution in [0.3, 0.4) is 0 Å². The molecular formula is C17H12BrClO. The molecule has 3 aromatic carbocycles. The summed E-state index contributed by atoms with van der Waals surface area (Å²) in [5, 5.41) is 13.4. The van der Waals surface area contributed by atoms with Crippen molar-refractivity contribution in [2.24, 2.45) is 0 Å². The zero-order chi connectivity index (χ0) is 14.1. The molecule has 0 amide bonds. The van der Waals surface area contributed by atoms with Crippen LogP contribution in [0.15, 0.2) is 65.1 Å². The normalized spacial score (nSPS) is 12.6. The van der Waals surface area contributed by atoms with Crippen molar-refractivity contribution in [1.29, 1.82) is 0 Å². The van der Waals surface area contributed by atoms with Crippen LogP contribution in [0.25, 0.3) is 10.8 Å². The average molecular weight is 348 g/mol. The fraction of sp³-hybridized carbons (Fsp3) is 0.0588. The number of fused-ring (bicyclic) bond motifs is 1. The van der Waals surface area contributed by atoms with Crippen molar-refractivity contribution in [2.75, 3.05) is 0 Å². The van der Waals surface area contributed by atoms with E-state index in [4.69, 9.17) is 11.6 Å². The maximum absolute atomic E-state index is 10.5. The largest absolute Gasteiger partial charge is 0.384 e. The van der Waals surface area contributed by atoms with Gasteiger partial charge in [-0.15, -0.1) is 0 Å². The standard InChI is InChI=1S/C17H12BrClO/c18-15-8-7-14(10-16(15)19)17(20)13-6-5-11-3-1-2-4-12(11)9-13/h1-10,17,20H. The third kappa shape index (κ3) is 2.59. The lowest BCUT2D eigenvalue weighted by atomic mass is 9.99. The highest BCUT2D eigenvalue weighted by atomic mass is 79.9. The van der Waals surface area contributed by atoms with Gasteiger partial charge in [0.2, 0.25) is 0 Å². The molecule has 1 unspecified atom stereocenters. The van der Waals surface area contributed by atoms with Gasteiger partial charge < -0.3 is 5.11 Å². The summed E-state index contributed by atoms with van der Waals surface area (Å²) in [7, 11) is 0. The molecule has 3 aromatic rings. The SMILES string of the molecule is OC(c1ccc(Br)c(Cl)c1)c1ccc2ccccc2c1. The van der Waals surface area contributed by atoms with Crippen molar-refractivity contribution >= 4 is 38.3 Å². The van der Waals surface area contributed by atoms with Crippen LogP contribution in [0.2, 0.25) is 5.02 Å². The van der Waals surface area contributed by atoms with Gasteiger partial charge in [-0.2, -0.15) is 0 Å². The molecule has 1 nitrogen and oxygen atoms in total. The van der Waals surface area contributed by atoms with Gasteiger partial charge >= 0.3 is 0 Å². The van der Waals surface area contributed by atoms with Crippen molar-refractivity contribution in [2.45, 2.75) is 6.10 Å². The zero-order valence-corrected chi connectivity index (χ0v) is 12.9. The molecule has 3 heteroatoms. The molecule has 0 fully saturated rings. The molecule has 0 spiro atoms. The molecule has 0 heterocycles. The first kappa shape index (κ1) is 13.6. The Morgan fingerprint density at radius 2 is 1.50 bits per heavy atom. The summed E-state index contributed by atoms with van der Waals surface area (Å²) in [5.41, 5.74) is 1.65. The predicted molar refractivity (Wildman–Crippen MR) is 87.2 cm³/mol. The summed E-state index contributed by atoms with van der Waals surface area (Å²) in [6, 6.07) is 19.6. The van der Waals surface area contributed by atoms with Gasteiger partial charge in [-0.1, -0.05) is 54.1 Å². The van der Waals surface area contributed by atoms with E-state index in [9.17, 15) is 5.11 Å². The summed E-state index contributed by atoms with van der Waals surface area (Å²) >= 11 is 9.44. The minimum absolute atomic E-state index is 0.599. The van der Waals surface area contributed by atoms with Crippen LogP contribution in [0.1, 0.15) is 17.2 Å². The summed E-state index contributed by atoms with van der Waals surface area (Å²) in [6.07, 6.45) is -0.676. The number of rotatable bonds is 2. The highest BCUT2D eigenvalue weighted by Gasteiger charge is 2.12. The molecule has 0 bridgehead atoms. The molecule has 1 atom stereocenters. The van der Waals surface area contributed by atoms with Crippen LogP contribution in [0, 0.1) is 0 Å². The minimum atomic E-state index is -0.676. The van der Waals surface area contributed by atoms with Crippen LogP contribution in [0.5, 0.6) is 0 Å². The van der Waals surface area contributed by atoms with Crippen LogP contribution >= 0.6 is 27.5 Å². The molecule has 0 radical (unpaired) electrons. The number of halogens is 2. The predicted octanol–water partition coefficient (Wildman–Crippen LogP) is 5.34. The molecule has 3 rings (SSSR count). The molecule has 0 aliphatic rings. The summed E-state index contributed by atoms with van der Waals surface area (Å²) in [5.74, 6) is 0. The quantitative estimate of drug-likeness (QED) is 0.663. The maximum atomic E-state index is 10.5. The molecule has 100 valence electrons. The second-order valence-electron chi connectivity index (χ2n) is 4.68. The number of aliphatic hydroxyl groups excluding tert-OH is 1. The Kier molecular flexibility index (Phi) is 3.79. The van der Waals surface area contributed by atoms with Gasteiger partial charge in [0.15, 0.2) is 0 Å². The van der Waals surface area contributed by atoms with Crippen molar-refractivity contribution < 1.29 is 5.11 Å². The molecule has 1 N–H and O–H groups in total. The third-order valence-corrected chi connectivity index (χ3v) is 4.58. The van der Waals surface area contributed by atoms with E-state index >= 15 is 0 Å². The van der Waals surface area contributed by atoms with Gasteiger partial charge in [-0.25, -0.2) is 0 Å². The lowest BCUT2D eigenvalue weighted by Crippen LogP contribution is -1.99. The number of benzene rings is 3. The molecule has 20 heavy (non-hydrogen) atoms. The summed E-state index contributed by atoms with van der Waals surface area (Å²) in [6.45, 7) is 0. The Bertz CT molecular complexity index is 770. The Hall–Kier alpha value is -1.35. The Labute approximate surface area is 131 Å². The first-order valence-corrected chi connectivity index (χ1v) is 7.44. The summed E-state index contributed by atoms with van der Waals surface area (Å²) in [4.78, 5) is 0. The van der Waals surface area contributed by atoms with Crippen LogP contribution in [-0.4, -0.2) is 5.11 Å². The van der Waals surface area contributed by atoms with Crippen molar-refractivity contribution in [3.8, 4) is 0 Å².